The molecule has 6 nitrogen and oxygen atoms in total. The molecule has 1 amide bonds. The highest BCUT2D eigenvalue weighted by molar-refractivity contribution is 5.76. The molecule has 2 aromatic rings. The maximum Gasteiger partial charge on any atom is 0.230 e. The Kier molecular flexibility index (Phi) is 14.0. The second kappa shape index (κ2) is 18.2. The van der Waals surface area contributed by atoms with Gasteiger partial charge in [0.2, 0.25) is 12.7 Å². The Bertz CT molecular complexity index is 1050. The summed E-state index contributed by atoms with van der Waals surface area (Å²) in [5, 5.41) is 14.5. The topological polar surface area (TPSA) is 71.0 Å². The number of nitrogens with zero attached hydrogens (tertiary/aromatic N) is 1. The smallest absolute Gasteiger partial charge is 0.230 e. The van der Waals surface area contributed by atoms with Crippen molar-refractivity contribution in [3.05, 3.63) is 59.7 Å². The summed E-state index contributed by atoms with van der Waals surface area (Å²) in [6.45, 7) is 4.96. The number of nitrogens with one attached hydrogen (secondary N) is 1. The lowest BCUT2D eigenvalue weighted by Crippen LogP contribution is -2.46. The van der Waals surface area contributed by atoms with Crippen LogP contribution in [0.3, 0.4) is 0 Å². The molecule has 232 valence electrons. The number of unbranched alkanes of at least 4 members (excludes halogenated alkanes) is 12. The molecule has 2 bridgehead atoms. The van der Waals surface area contributed by atoms with Crippen molar-refractivity contribution in [1.82, 2.24) is 10.2 Å². The standard InChI is InChI=1S/C36H54N2O4/c1-2-3-4-5-6-7-8-9-10-11-12-13-17-20-35(39)37-33(36(40)29-18-15-14-16-19-29)27-38-24-23-30(26-38)32-22-21-31-25-34(32)42-28-41-31/h14-16,18-19,21-22,25,30,33,36,40H,2-13,17,20,23-24,26-28H2,1H3,(H,37,39). The third-order valence-corrected chi connectivity index (χ3v) is 8.97. The maximum atomic E-state index is 13.0. The van der Waals surface area contributed by atoms with E-state index in [9.17, 15) is 9.90 Å². The molecule has 3 unspecified atom stereocenters. The lowest BCUT2D eigenvalue weighted by atomic mass is 9.97. The molecular formula is C36H54N2O4. The highest BCUT2D eigenvalue weighted by atomic mass is 16.7. The van der Waals surface area contributed by atoms with E-state index in [4.69, 9.17) is 9.47 Å². The molecule has 2 aromatic carbocycles. The molecule has 0 aliphatic carbocycles. The average Bonchev–Trinajstić information content (AvgIpc) is 3.47. The molecule has 2 N–H and O–H groups in total. The minimum absolute atomic E-state index is 0.0437. The molecule has 1 saturated heterocycles. The second-order valence-electron chi connectivity index (χ2n) is 12.4. The van der Waals surface area contributed by atoms with Gasteiger partial charge < -0.3 is 24.8 Å². The van der Waals surface area contributed by atoms with Crippen molar-refractivity contribution in [2.75, 3.05) is 26.4 Å². The van der Waals surface area contributed by atoms with E-state index < -0.39 is 6.10 Å². The molecule has 2 aliphatic rings. The molecular weight excluding hydrogens is 524 g/mol. The first-order valence-electron chi connectivity index (χ1n) is 16.8. The minimum Gasteiger partial charge on any atom is -0.457 e. The van der Waals surface area contributed by atoms with Crippen molar-refractivity contribution in [1.29, 1.82) is 0 Å². The van der Waals surface area contributed by atoms with Gasteiger partial charge in [-0.05, 0) is 36.6 Å². The molecule has 42 heavy (non-hydrogen) atoms. The predicted molar refractivity (Wildman–Crippen MR) is 170 cm³/mol. The largest absolute Gasteiger partial charge is 0.457 e. The van der Waals surface area contributed by atoms with Crippen molar-refractivity contribution in [2.24, 2.45) is 0 Å². The van der Waals surface area contributed by atoms with E-state index in [0.717, 1.165) is 49.4 Å². The Balaban J connectivity index is 1.17. The fraction of sp³-hybridized carbons (Fsp3) is 0.639. The number of aliphatic hydroxyl groups is 1. The van der Waals surface area contributed by atoms with Gasteiger partial charge in [0.15, 0.2) is 0 Å². The van der Waals surface area contributed by atoms with E-state index in [1.807, 2.05) is 42.5 Å². The number of likely N-dealkylation sites (tertiary alicyclic amines) is 1. The number of fused-ring (bicyclic) bond motifs is 2. The SMILES string of the molecule is CCCCCCCCCCCCCCCC(=O)NC(CN1CCC(c2ccc3cc2OCO3)C1)C(O)c1ccccc1. The summed E-state index contributed by atoms with van der Waals surface area (Å²) in [6, 6.07) is 15.5. The Hall–Kier alpha value is -2.57. The minimum atomic E-state index is -0.748. The Morgan fingerprint density at radius 3 is 2.26 bits per heavy atom. The van der Waals surface area contributed by atoms with E-state index in [2.05, 4.69) is 23.2 Å². The first kappa shape index (κ1) is 32.3. The summed E-state index contributed by atoms with van der Waals surface area (Å²) in [4.78, 5) is 15.4. The lowest BCUT2D eigenvalue weighted by Gasteiger charge is -2.29. The summed E-state index contributed by atoms with van der Waals surface area (Å²) in [5.74, 6) is 2.18. The summed E-state index contributed by atoms with van der Waals surface area (Å²) < 4.78 is 11.2. The number of carbonyl (C=O) groups is 1. The van der Waals surface area contributed by atoms with Crippen LogP contribution in [0.25, 0.3) is 0 Å². The summed E-state index contributed by atoms with van der Waals surface area (Å²) in [6.07, 6.45) is 17.6. The van der Waals surface area contributed by atoms with Crippen LogP contribution >= 0.6 is 0 Å². The van der Waals surface area contributed by atoms with Crippen LogP contribution in [0.2, 0.25) is 0 Å². The van der Waals surface area contributed by atoms with Gasteiger partial charge in [0, 0.05) is 31.5 Å². The molecule has 0 aromatic heterocycles. The van der Waals surface area contributed by atoms with Gasteiger partial charge in [-0.1, -0.05) is 120 Å². The third kappa shape index (κ3) is 10.6. The van der Waals surface area contributed by atoms with Crippen molar-refractivity contribution >= 4 is 5.91 Å². The number of rotatable bonds is 20. The van der Waals surface area contributed by atoms with Crippen LogP contribution in [0.5, 0.6) is 11.5 Å². The van der Waals surface area contributed by atoms with E-state index in [-0.39, 0.29) is 18.7 Å². The third-order valence-electron chi connectivity index (χ3n) is 8.97. The van der Waals surface area contributed by atoms with Crippen LogP contribution in [0.1, 0.15) is 126 Å². The van der Waals surface area contributed by atoms with E-state index in [1.165, 1.54) is 76.2 Å². The summed E-state index contributed by atoms with van der Waals surface area (Å²) >= 11 is 0. The van der Waals surface area contributed by atoms with Gasteiger partial charge in [-0.2, -0.15) is 0 Å². The van der Waals surface area contributed by atoms with Crippen LogP contribution in [0, 0.1) is 0 Å². The van der Waals surface area contributed by atoms with Gasteiger partial charge in [-0.15, -0.1) is 0 Å². The zero-order valence-corrected chi connectivity index (χ0v) is 25.9. The van der Waals surface area contributed by atoms with Crippen LogP contribution in [0.4, 0.5) is 0 Å². The van der Waals surface area contributed by atoms with Crippen LogP contribution in [-0.4, -0.2) is 48.4 Å². The molecule has 1 fully saturated rings. The average molecular weight is 579 g/mol. The van der Waals surface area contributed by atoms with Crippen molar-refractivity contribution in [3.63, 3.8) is 0 Å². The zero-order chi connectivity index (χ0) is 29.4. The molecule has 0 saturated carbocycles. The van der Waals surface area contributed by atoms with Crippen molar-refractivity contribution in [2.45, 2.75) is 121 Å². The molecule has 2 aliphatic heterocycles. The fourth-order valence-electron chi connectivity index (χ4n) is 6.45. The molecule has 3 atom stereocenters. The van der Waals surface area contributed by atoms with Gasteiger partial charge in [-0.3, -0.25) is 4.79 Å². The van der Waals surface area contributed by atoms with Gasteiger partial charge in [0.1, 0.15) is 17.6 Å². The molecule has 0 spiro atoms. The number of carbonyl (C=O) groups excluding carboxylic acids is 1. The van der Waals surface area contributed by atoms with Gasteiger partial charge in [0.25, 0.3) is 0 Å². The Labute approximate surface area is 254 Å². The van der Waals surface area contributed by atoms with Crippen molar-refractivity contribution in [3.8, 4) is 11.5 Å². The zero-order valence-electron chi connectivity index (χ0n) is 25.9. The molecule has 2 heterocycles. The normalized spacial score (nSPS) is 17.8. The van der Waals surface area contributed by atoms with E-state index >= 15 is 0 Å². The van der Waals surface area contributed by atoms with Gasteiger partial charge in [0.05, 0.1) is 6.04 Å². The van der Waals surface area contributed by atoms with Gasteiger partial charge in [-0.25, -0.2) is 0 Å². The summed E-state index contributed by atoms with van der Waals surface area (Å²) in [5.41, 5.74) is 2.06. The number of hydrogen-bond donors (Lipinski definition) is 2. The van der Waals surface area contributed by atoms with Crippen LogP contribution < -0.4 is 14.8 Å². The number of hydrogen-bond acceptors (Lipinski definition) is 5. The highest BCUT2D eigenvalue weighted by Gasteiger charge is 2.31. The predicted octanol–water partition coefficient (Wildman–Crippen LogP) is 7.90. The van der Waals surface area contributed by atoms with Gasteiger partial charge >= 0.3 is 0 Å². The monoisotopic (exact) mass is 578 g/mol. The maximum absolute atomic E-state index is 13.0. The Morgan fingerprint density at radius 1 is 0.905 bits per heavy atom. The number of ether oxygens (including phenoxy) is 2. The molecule has 0 radical (unpaired) electrons. The van der Waals surface area contributed by atoms with Crippen LogP contribution in [-0.2, 0) is 4.79 Å². The van der Waals surface area contributed by atoms with E-state index in [0.29, 0.717) is 18.9 Å². The summed E-state index contributed by atoms with van der Waals surface area (Å²) in [7, 11) is 0. The van der Waals surface area contributed by atoms with Crippen molar-refractivity contribution < 1.29 is 19.4 Å². The van der Waals surface area contributed by atoms with Crippen LogP contribution in [0.15, 0.2) is 48.5 Å². The second-order valence-corrected chi connectivity index (χ2v) is 12.4. The van der Waals surface area contributed by atoms with E-state index in [1.54, 1.807) is 0 Å². The Morgan fingerprint density at radius 2 is 1.57 bits per heavy atom. The number of benzene rings is 2. The first-order valence-corrected chi connectivity index (χ1v) is 16.8. The number of aliphatic hydroxyl groups excluding tert-OH is 1. The quantitative estimate of drug-likeness (QED) is 0.156. The molecule has 4 rings (SSSR count). The number of amides is 1. The first-order chi connectivity index (χ1) is 20.6. The highest BCUT2D eigenvalue weighted by Crippen LogP contribution is 2.38. The molecule has 6 heteroatoms. The fourth-order valence-corrected chi connectivity index (χ4v) is 6.45. The lowest BCUT2D eigenvalue weighted by molar-refractivity contribution is -0.123.